The standard InChI is InChI=1S/C24H28N4O2/c1-15-7-9-19-13-21(15)16(2)8-10-20-18(4)26-28(6)23(20)29-12-11-17(3)30-24-22(19)14-25-27(24)5/h7-10,13-14,17H,2,11-12H2,1,3-6H3/b10-8+/t17-/m1/s1. The third-order valence-electron chi connectivity index (χ3n) is 5.52. The molecule has 6 heteroatoms. The first-order chi connectivity index (χ1) is 14.3. The molecule has 2 bridgehead atoms. The second-order valence-electron chi connectivity index (χ2n) is 7.87. The molecule has 0 N–H and O–H groups in total. The van der Waals surface area contributed by atoms with E-state index in [4.69, 9.17) is 9.47 Å². The van der Waals surface area contributed by atoms with Crippen LogP contribution < -0.4 is 9.47 Å². The topological polar surface area (TPSA) is 54.1 Å². The van der Waals surface area contributed by atoms with Crippen LogP contribution in [0.25, 0.3) is 22.8 Å². The lowest BCUT2D eigenvalue weighted by Gasteiger charge is -2.17. The van der Waals surface area contributed by atoms with Crippen molar-refractivity contribution in [3.63, 3.8) is 0 Å². The zero-order valence-electron chi connectivity index (χ0n) is 18.3. The van der Waals surface area contributed by atoms with Crippen molar-refractivity contribution in [1.29, 1.82) is 0 Å². The molecule has 0 radical (unpaired) electrons. The van der Waals surface area contributed by atoms with Gasteiger partial charge < -0.3 is 9.47 Å². The number of allylic oxidation sites excluding steroid dienone is 2. The summed E-state index contributed by atoms with van der Waals surface area (Å²) in [4.78, 5) is 0. The van der Waals surface area contributed by atoms with Gasteiger partial charge in [-0.3, -0.25) is 0 Å². The molecule has 0 amide bonds. The summed E-state index contributed by atoms with van der Waals surface area (Å²) in [5.74, 6) is 1.51. The largest absolute Gasteiger partial charge is 0.477 e. The van der Waals surface area contributed by atoms with Crippen molar-refractivity contribution in [1.82, 2.24) is 19.6 Å². The average Bonchev–Trinajstić information content (AvgIpc) is 3.19. The van der Waals surface area contributed by atoms with E-state index in [1.165, 1.54) is 0 Å². The van der Waals surface area contributed by atoms with E-state index in [0.29, 0.717) is 6.61 Å². The monoisotopic (exact) mass is 404 g/mol. The second kappa shape index (κ2) is 7.86. The van der Waals surface area contributed by atoms with Crippen molar-refractivity contribution in [2.45, 2.75) is 33.3 Å². The van der Waals surface area contributed by atoms with Crippen molar-refractivity contribution in [2.24, 2.45) is 14.1 Å². The molecule has 1 aromatic carbocycles. The highest BCUT2D eigenvalue weighted by atomic mass is 16.5. The maximum Gasteiger partial charge on any atom is 0.219 e. The molecule has 156 valence electrons. The summed E-state index contributed by atoms with van der Waals surface area (Å²) in [5.41, 5.74) is 7.12. The second-order valence-corrected chi connectivity index (χ2v) is 7.87. The molecule has 0 unspecified atom stereocenters. The Labute approximate surface area is 177 Å². The van der Waals surface area contributed by atoms with E-state index >= 15 is 0 Å². The Morgan fingerprint density at radius 2 is 1.87 bits per heavy atom. The fourth-order valence-corrected chi connectivity index (χ4v) is 3.76. The first-order valence-corrected chi connectivity index (χ1v) is 10.2. The van der Waals surface area contributed by atoms with Crippen LogP contribution in [0, 0.1) is 13.8 Å². The van der Waals surface area contributed by atoms with Crippen LogP contribution in [0.4, 0.5) is 0 Å². The fourth-order valence-electron chi connectivity index (χ4n) is 3.76. The molecule has 1 aliphatic heterocycles. The molecule has 6 nitrogen and oxygen atoms in total. The van der Waals surface area contributed by atoms with Crippen LogP contribution >= 0.6 is 0 Å². The van der Waals surface area contributed by atoms with Crippen LogP contribution in [0.2, 0.25) is 0 Å². The number of rotatable bonds is 0. The van der Waals surface area contributed by atoms with Crippen molar-refractivity contribution < 1.29 is 9.47 Å². The maximum atomic E-state index is 6.28. The van der Waals surface area contributed by atoms with Crippen molar-refractivity contribution >= 4 is 11.6 Å². The van der Waals surface area contributed by atoms with Crippen molar-refractivity contribution in [2.75, 3.05) is 6.61 Å². The Hall–Kier alpha value is -3.28. The van der Waals surface area contributed by atoms with Gasteiger partial charge in [-0.15, -0.1) is 0 Å². The van der Waals surface area contributed by atoms with Crippen molar-refractivity contribution in [3.05, 3.63) is 59.4 Å². The van der Waals surface area contributed by atoms with Crippen LogP contribution in [0.3, 0.4) is 0 Å². The molecule has 3 aromatic rings. The van der Waals surface area contributed by atoms with Gasteiger partial charge in [-0.1, -0.05) is 24.8 Å². The molecule has 4 rings (SSSR count). The van der Waals surface area contributed by atoms with Gasteiger partial charge in [0.05, 0.1) is 29.6 Å². The van der Waals surface area contributed by atoms with Crippen molar-refractivity contribution in [3.8, 4) is 22.9 Å². The van der Waals surface area contributed by atoms with Crippen LogP contribution in [-0.4, -0.2) is 32.3 Å². The number of fused-ring (bicyclic) bond motifs is 5. The van der Waals surface area contributed by atoms with E-state index < -0.39 is 0 Å². The predicted octanol–water partition coefficient (Wildman–Crippen LogP) is 4.71. The minimum atomic E-state index is -0.0301. The molecule has 0 spiro atoms. The highest BCUT2D eigenvalue weighted by molar-refractivity contribution is 5.83. The summed E-state index contributed by atoms with van der Waals surface area (Å²) in [5, 5.41) is 8.95. The van der Waals surface area contributed by atoms with Gasteiger partial charge >= 0.3 is 0 Å². The van der Waals surface area contributed by atoms with Crippen LogP contribution in [0.5, 0.6) is 11.8 Å². The molecule has 0 saturated heterocycles. The van der Waals surface area contributed by atoms with Crippen LogP contribution in [0.1, 0.15) is 35.7 Å². The Kier molecular flexibility index (Phi) is 5.24. The summed E-state index contributed by atoms with van der Waals surface area (Å²) in [6.45, 7) is 11.0. The average molecular weight is 405 g/mol. The molecule has 0 fully saturated rings. The number of nitrogens with zero attached hydrogens (tertiary/aromatic N) is 4. The van der Waals surface area contributed by atoms with E-state index in [1.54, 1.807) is 9.36 Å². The Bertz CT molecular complexity index is 1140. The molecular formula is C24H28N4O2. The summed E-state index contributed by atoms with van der Waals surface area (Å²) in [7, 11) is 3.80. The van der Waals surface area contributed by atoms with E-state index in [0.717, 1.165) is 57.3 Å². The highest BCUT2D eigenvalue weighted by Gasteiger charge is 2.18. The molecule has 0 saturated carbocycles. The third-order valence-corrected chi connectivity index (χ3v) is 5.52. The van der Waals surface area contributed by atoms with Gasteiger partial charge in [0.2, 0.25) is 11.8 Å². The number of hydrogen-bond donors (Lipinski definition) is 0. The van der Waals surface area contributed by atoms with Crippen LogP contribution in [0.15, 0.2) is 37.1 Å². The third kappa shape index (κ3) is 3.65. The molecule has 30 heavy (non-hydrogen) atoms. The Morgan fingerprint density at radius 1 is 1.07 bits per heavy atom. The SMILES string of the molecule is C=C1/C=C/c2c(C)nn(C)c2OCC[C@@H](C)Oc2c(cnn2C)-c2ccc(C)c1c2. The van der Waals surface area contributed by atoms with Gasteiger partial charge in [-0.25, -0.2) is 9.36 Å². The van der Waals surface area contributed by atoms with Gasteiger partial charge in [-0.05, 0) is 55.2 Å². The van der Waals surface area contributed by atoms with Gasteiger partial charge in [-0.2, -0.15) is 10.2 Å². The lowest BCUT2D eigenvalue weighted by atomic mass is 9.96. The number of hydrogen-bond acceptors (Lipinski definition) is 4. The number of aryl methyl sites for hydroxylation is 4. The molecule has 1 aliphatic rings. The first-order valence-electron chi connectivity index (χ1n) is 10.2. The number of aromatic nitrogens is 4. The van der Waals surface area contributed by atoms with Gasteiger partial charge in [0.15, 0.2) is 0 Å². The van der Waals surface area contributed by atoms with Gasteiger partial charge in [0, 0.05) is 20.5 Å². The van der Waals surface area contributed by atoms with Gasteiger partial charge in [0.1, 0.15) is 6.10 Å². The normalized spacial score (nSPS) is 17.8. The smallest absolute Gasteiger partial charge is 0.219 e. The molecule has 3 heterocycles. The van der Waals surface area contributed by atoms with Gasteiger partial charge in [0.25, 0.3) is 0 Å². The minimum Gasteiger partial charge on any atom is -0.477 e. The summed E-state index contributed by atoms with van der Waals surface area (Å²) in [6.07, 6.45) is 6.64. The summed E-state index contributed by atoms with van der Waals surface area (Å²) in [6, 6.07) is 6.38. The minimum absolute atomic E-state index is 0.0301. The van der Waals surface area contributed by atoms with Crippen LogP contribution in [-0.2, 0) is 14.1 Å². The molecule has 1 atom stereocenters. The maximum absolute atomic E-state index is 6.28. The summed E-state index contributed by atoms with van der Waals surface area (Å²) >= 11 is 0. The predicted molar refractivity (Wildman–Crippen MR) is 120 cm³/mol. The molecule has 2 aromatic heterocycles. The highest BCUT2D eigenvalue weighted by Crippen LogP contribution is 2.34. The lowest BCUT2D eigenvalue weighted by Crippen LogP contribution is -2.18. The summed E-state index contributed by atoms with van der Waals surface area (Å²) < 4.78 is 16.0. The zero-order chi connectivity index (χ0) is 21.4. The van der Waals surface area contributed by atoms with E-state index in [9.17, 15) is 0 Å². The quantitative estimate of drug-likeness (QED) is 0.544. The lowest BCUT2D eigenvalue weighted by molar-refractivity contribution is 0.161. The Morgan fingerprint density at radius 3 is 2.67 bits per heavy atom. The van der Waals surface area contributed by atoms with E-state index in [-0.39, 0.29) is 6.10 Å². The number of ether oxygens (including phenoxy) is 2. The Balaban J connectivity index is 1.84. The fraction of sp³-hybridized carbons (Fsp3) is 0.333. The first kappa shape index (κ1) is 20.0. The molecule has 0 aliphatic carbocycles. The number of benzene rings is 1. The van der Waals surface area contributed by atoms with E-state index in [1.807, 2.05) is 39.4 Å². The van der Waals surface area contributed by atoms with E-state index in [2.05, 4.69) is 48.8 Å². The molecular weight excluding hydrogens is 376 g/mol. The zero-order valence-corrected chi connectivity index (χ0v) is 18.3.